The van der Waals surface area contributed by atoms with Crippen molar-refractivity contribution in [3.05, 3.63) is 111 Å². The molecule has 0 fully saturated rings. The number of halogens is 2. The Morgan fingerprint density at radius 2 is 1.51 bits per heavy atom. The van der Waals surface area contributed by atoms with Crippen molar-refractivity contribution in [1.29, 1.82) is 0 Å². The quantitative estimate of drug-likeness (QED) is 0.270. The Balaban J connectivity index is 1.63. The number of carbonyl (C=O) groups excluding carboxylic acids is 3. The van der Waals surface area contributed by atoms with Gasteiger partial charge in [0.15, 0.2) is 17.4 Å². The van der Waals surface area contributed by atoms with Crippen LogP contribution in [0.4, 0.5) is 4.39 Å². The molecule has 1 aromatic heterocycles. The zero-order valence-electron chi connectivity index (χ0n) is 20.0. The molecule has 0 radical (unpaired) electrons. The van der Waals surface area contributed by atoms with E-state index in [0.717, 1.165) is 4.90 Å². The molecule has 0 aliphatic carbocycles. The number of rotatable bonds is 7. The van der Waals surface area contributed by atoms with Gasteiger partial charge in [-0.25, -0.2) is 4.39 Å². The molecule has 5 rings (SSSR count). The first-order valence-corrected chi connectivity index (χ1v) is 11.8. The van der Waals surface area contributed by atoms with Crippen molar-refractivity contribution in [1.82, 2.24) is 24.6 Å². The largest absolute Gasteiger partial charge is 0.302 e. The van der Waals surface area contributed by atoms with Gasteiger partial charge >= 0.3 is 0 Å². The van der Waals surface area contributed by atoms with Crippen LogP contribution in [0.15, 0.2) is 66.7 Å². The number of ketones is 1. The van der Waals surface area contributed by atoms with E-state index in [2.05, 4.69) is 10.2 Å². The van der Waals surface area contributed by atoms with E-state index in [-0.39, 0.29) is 28.5 Å². The fraction of sp³-hybridized carbons (Fsp3) is 0.148. The number of imide groups is 1. The predicted octanol–water partition coefficient (Wildman–Crippen LogP) is 4.15. The van der Waals surface area contributed by atoms with E-state index in [4.69, 9.17) is 11.6 Å². The Kier molecular flexibility index (Phi) is 6.41. The van der Waals surface area contributed by atoms with Crippen molar-refractivity contribution in [2.75, 3.05) is 14.1 Å². The van der Waals surface area contributed by atoms with Gasteiger partial charge in [0.05, 0.1) is 35.5 Å². The molecule has 0 saturated heterocycles. The van der Waals surface area contributed by atoms with Crippen molar-refractivity contribution in [3.8, 4) is 5.69 Å². The van der Waals surface area contributed by atoms with Gasteiger partial charge in [0.25, 0.3) is 11.8 Å². The average molecular weight is 518 g/mol. The predicted molar refractivity (Wildman–Crippen MR) is 134 cm³/mol. The van der Waals surface area contributed by atoms with E-state index in [1.165, 1.54) is 24.3 Å². The van der Waals surface area contributed by atoms with E-state index >= 15 is 0 Å². The smallest absolute Gasteiger partial charge is 0.261 e. The summed E-state index contributed by atoms with van der Waals surface area (Å²) >= 11 is 6.25. The molecule has 3 aromatic carbocycles. The third-order valence-electron chi connectivity index (χ3n) is 6.00. The van der Waals surface area contributed by atoms with Crippen molar-refractivity contribution in [3.63, 3.8) is 0 Å². The minimum Gasteiger partial charge on any atom is -0.302 e. The molecule has 0 unspecified atom stereocenters. The van der Waals surface area contributed by atoms with Gasteiger partial charge < -0.3 is 4.90 Å². The second-order valence-electron chi connectivity index (χ2n) is 8.82. The Morgan fingerprint density at radius 3 is 2.16 bits per heavy atom. The van der Waals surface area contributed by atoms with Gasteiger partial charge in [-0.15, -0.1) is 10.2 Å². The lowest BCUT2D eigenvalue weighted by atomic mass is 10.0. The summed E-state index contributed by atoms with van der Waals surface area (Å²) in [6, 6.07) is 16.9. The summed E-state index contributed by atoms with van der Waals surface area (Å²) in [6.07, 6.45) is 0. The number of hydrogen-bond acceptors (Lipinski definition) is 6. The number of nitrogens with zero attached hydrogens (tertiary/aromatic N) is 5. The molecule has 2 heterocycles. The number of amides is 2. The third kappa shape index (κ3) is 4.43. The number of hydrogen-bond donors (Lipinski definition) is 0. The molecule has 1 aliphatic rings. The Hall–Kier alpha value is -4.21. The monoisotopic (exact) mass is 517 g/mol. The average Bonchev–Trinajstić information content (AvgIpc) is 3.37. The number of benzene rings is 3. The second-order valence-corrected chi connectivity index (χ2v) is 9.25. The fourth-order valence-electron chi connectivity index (χ4n) is 4.32. The highest BCUT2D eigenvalue weighted by atomic mass is 35.5. The summed E-state index contributed by atoms with van der Waals surface area (Å²) < 4.78 is 16.2. The highest BCUT2D eigenvalue weighted by molar-refractivity contribution is 6.31. The second kappa shape index (κ2) is 9.68. The molecule has 0 spiro atoms. The molecule has 0 atom stereocenters. The summed E-state index contributed by atoms with van der Waals surface area (Å²) in [5.74, 6) is -1.40. The first-order valence-electron chi connectivity index (χ1n) is 11.4. The molecule has 186 valence electrons. The minimum atomic E-state index is -0.665. The maximum Gasteiger partial charge on any atom is 0.261 e. The highest BCUT2D eigenvalue weighted by Gasteiger charge is 2.36. The van der Waals surface area contributed by atoms with E-state index < -0.39 is 23.4 Å². The van der Waals surface area contributed by atoms with Crippen molar-refractivity contribution >= 4 is 29.2 Å². The van der Waals surface area contributed by atoms with Crippen LogP contribution >= 0.6 is 11.6 Å². The van der Waals surface area contributed by atoms with Gasteiger partial charge in [-0.2, -0.15) is 0 Å². The van der Waals surface area contributed by atoms with Gasteiger partial charge in [-0.05, 0) is 56.6 Å². The van der Waals surface area contributed by atoms with Crippen LogP contribution in [0.25, 0.3) is 5.69 Å². The number of carbonyl (C=O) groups is 3. The van der Waals surface area contributed by atoms with Crippen LogP contribution in [-0.4, -0.2) is 56.3 Å². The molecular formula is C27H21ClFN5O3. The van der Waals surface area contributed by atoms with Gasteiger partial charge in [0.2, 0.25) is 0 Å². The van der Waals surface area contributed by atoms with Crippen LogP contribution in [0, 0.1) is 5.82 Å². The van der Waals surface area contributed by atoms with Crippen LogP contribution in [-0.2, 0) is 13.1 Å². The van der Waals surface area contributed by atoms with E-state index in [0.29, 0.717) is 29.2 Å². The SMILES string of the molecule is CN(C)Cc1nnc(CN2C(=O)c3ccccc3C2=O)n1-c1ccc(Cl)cc1C(=O)c1ccccc1F. The number of aromatic nitrogens is 3. The Labute approximate surface area is 216 Å². The van der Waals surface area contributed by atoms with Crippen molar-refractivity contribution < 1.29 is 18.8 Å². The molecule has 0 saturated carbocycles. The van der Waals surface area contributed by atoms with Crippen LogP contribution in [0.5, 0.6) is 0 Å². The Bertz CT molecular complexity index is 1530. The summed E-state index contributed by atoms with van der Waals surface area (Å²) in [5, 5.41) is 8.85. The Morgan fingerprint density at radius 1 is 0.892 bits per heavy atom. The summed E-state index contributed by atoms with van der Waals surface area (Å²) in [7, 11) is 3.69. The zero-order valence-corrected chi connectivity index (χ0v) is 20.7. The summed E-state index contributed by atoms with van der Waals surface area (Å²) in [5.41, 5.74) is 0.991. The minimum absolute atomic E-state index is 0.116. The lowest BCUT2D eigenvalue weighted by molar-refractivity contribution is 0.0637. The van der Waals surface area contributed by atoms with Crippen molar-refractivity contribution in [2.45, 2.75) is 13.1 Å². The molecule has 1 aliphatic heterocycles. The van der Waals surface area contributed by atoms with Gasteiger partial charge in [-0.1, -0.05) is 35.9 Å². The van der Waals surface area contributed by atoms with Crippen LogP contribution in [0.2, 0.25) is 5.02 Å². The topological polar surface area (TPSA) is 88.4 Å². The normalized spacial score (nSPS) is 12.9. The molecule has 8 nitrogen and oxygen atoms in total. The van der Waals surface area contributed by atoms with E-state index in [9.17, 15) is 18.8 Å². The first kappa shape index (κ1) is 24.5. The summed E-state index contributed by atoms with van der Waals surface area (Å²) in [6.45, 7) is 0.161. The highest BCUT2D eigenvalue weighted by Crippen LogP contribution is 2.28. The maximum atomic E-state index is 14.5. The van der Waals surface area contributed by atoms with Crippen LogP contribution in [0.3, 0.4) is 0 Å². The molecular weight excluding hydrogens is 497 g/mol. The van der Waals surface area contributed by atoms with E-state index in [1.54, 1.807) is 47.0 Å². The molecule has 4 aromatic rings. The van der Waals surface area contributed by atoms with Crippen LogP contribution in [0.1, 0.15) is 48.3 Å². The lowest BCUT2D eigenvalue weighted by Crippen LogP contribution is -2.31. The molecule has 0 bridgehead atoms. The first-order chi connectivity index (χ1) is 17.8. The molecule has 37 heavy (non-hydrogen) atoms. The molecule has 2 amide bonds. The van der Waals surface area contributed by atoms with Gasteiger partial charge in [-0.3, -0.25) is 23.9 Å². The zero-order chi connectivity index (χ0) is 26.3. The molecule has 10 heteroatoms. The van der Waals surface area contributed by atoms with E-state index in [1.807, 2.05) is 19.0 Å². The maximum absolute atomic E-state index is 14.5. The third-order valence-corrected chi connectivity index (χ3v) is 6.23. The number of fused-ring (bicyclic) bond motifs is 1. The molecule has 0 N–H and O–H groups in total. The van der Waals surface area contributed by atoms with Crippen molar-refractivity contribution in [2.24, 2.45) is 0 Å². The fourth-order valence-corrected chi connectivity index (χ4v) is 4.49. The van der Waals surface area contributed by atoms with Gasteiger partial charge in [0.1, 0.15) is 5.82 Å². The van der Waals surface area contributed by atoms with Crippen LogP contribution < -0.4 is 0 Å². The lowest BCUT2D eigenvalue weighted by Gasteiger charge is -2.19. The van der Waals surface area contributed by atoms with Gasteiger partial charge in [0, 0.05) is 10.6 Å². The standard InChI is InChI=1S/C27H21ClFN5O3/c1-32(2)14-23-30-31-24(15-33-26(36)17-7-3-4-8-18(17)27(33)37)34(23)22-12-11-16(28)13-20(22)25(35)19-9-5-6-10-21(19)29/h3-13H,14-15H2,1-2H3. The summed E-state index contributed by atoms with van der Waals surface area (Å²) in [4.78, 5) is 42.5.